The average Bonchev–Trinajstić information content (AvgIpc) is 2.77. The van der Waals surface area contributed by atoms with Crippen molar-refractivity contribution in [2.75, 3.05) is 5.43 Å². The molecule has 0 aliphatic rings. The molecule has 0 radical (unpaired) electrons. The van der Waals surface area contributed by atoms with Gasteiger partial charge >= 0.3 is 0 Å². The van der Waals surface area contributed by atoms with Crippen molar-refractivity contribution in [3.63, 3.8) is 0 Å². The molecule has 0 aromatic carbocycles. The van der Waals surface area contributed by atoms with Crippen molar-refractivity contribution in [2.45, 2.75) is 13.5 Å². The zero-order valence-electron chi connectivity index (χ0n) is 7.77. The minimum Gasteiger partial charge on any atom is -0.300 e. The number of aryl methyl sites for hydroxylation is 1. The van der Waals surface area contributed by atoms with Crippen molar-refractivity contribution < 1.29 is 0 Å². The molecule has 0 saturated carbocycles. The smallest absolute Gasteiger partial charge is 0.197 e. The maximum Gasteiger partial charge on any atom is 0.197 e. The molecule has 0 aliphatic heterocycles. The van der Waals surface area contributed by atoms with E-state index in [2.05, 4.69) is 15.5 Å². The lowest BCUT2D eigenvalue weighted by Crippen LogP contribution is -2.05. The lowest BCUT2D eigenvalue weighted by molar-refractivity contribution is 0.671. The van der Waals surface area contributed by atoms with Crippen LogP contribution in [0.4, 0.5) is 5.13 Å². The number of nitrogens with two attached hydrogens (primary N) is 1. The average molecular weight is 209 g/mol. The van der Waals surface area contributed by atoms with Gasteiger partial charge in [-0.3, -0.25) is 10.1 Å². The largest absolute Gasteiger partial charge is 0.300 e. The Balaban J connectivity index is 2.15. The summed E-state index contributed by atoms with van der Waals surface area (Å²) in [5.74, 6) is 5.24. The van der Waals surface area contributed by atoms with Crippen molar-refractivity contribution in [2.24, 2.45) is 5.84 Å². The molecule has 74 valence electrons. The quantitative estimate of drug-likeness (QED) is 0.584. The van der Waals surface area contributed by atoms with Crippen molar-refractivity contribution >= 4 is 16.5 Å². The first-order valence-corrected chi connectivity index (χ1v) is 5.01. The standard InChI is InChI=1S/C8H11N5S/c1-6-2-3-11-13(6)5-7-4-10-8(12-9)14-7/h2-4H,5,9H2,1H3,(H,10,12). The SMILES string of the molecule is Cc1ccnn1Cc1cnc(NN)s1. The second-order valence-electron chi connectivity index (χ2n) is 2.91. The van der Waals surface area contributed by atoms with Gasteiger partial charge in [0.05, 0.1) is 6.54 Å². The van der Waals surface area contributed by atoms with Crippen LogP contribution in [0.3, 0.4) is 0 Å². The summed E-state index contributed by atoms with van der Waals surface area (Å²) in [6, 6.07) is 1.98. The Morgan fingerprint density at radius 1 is 1.64 bits per heavy atom. The number of hydrogen-bond acceptors (Lipinski definition) is 5. The number of nitrogen functional groups attached to an aromatic ring is 1. The minimum absolute atomic E-state index is 0.727. The Hall–Kier alpha value is -1.40. The van der Waals surface area contributed by atoms with E-state index in [-0.39, 0.29) is 0 Å². The fourth-order valence-corrected chi connectivity index (χ4v) is 1.86. The highest BCUT2D eigenvalue weighted by molar-refractivity contribution is 7.15. The van der Waals surface area contributed by atoms with E-state index in [1.54, 1.807) is 12.4 Å². The van der Waals surface area contributed by atoms with E-state index in [4.69, 9.17) is 5.84 Å². The fraction of sp³-hybridized carbons (Fsp3) is 0.250. The van der Waals surface area contributed by atoms with Crippen LogP contribution in [-0.2, 0) is 6.54 Å². The zero-order valence-corrected chi connectivity index (χ0v) is 8.58. The topological polar surface area (TPSA) is 68.8 Å². The minimum atomic E-state index is 0.727. The van der Waals surface area contributed by atoms with Crippen LogP contribution < -0.4 is 11.3 Å². The van der Waals surface area contributed by atoms with Crippen molar-refractivity contribution in [3.8, 4) is 0 Å². The molecule has 0 spiro atoms. The summed E-state index contributed by atoms with van der Waals surface area (Å²) in [6.07, 6.45) is 3.60. The maximum atomic E-state index is 5.24. The van der Waals surface area contributed by atoms with E-state index in [0.717, 1.165) is 22.2 Å². The number of hydrogen-bond donors (Lipinski definition) is 2. The predicted octanol–water partition coefficient (Wildman–Crippen LogP) is 0.982. The molecule has 3 N–H and O–H groups in total. The molecule has 2 rings (SSSR count). The maximum absolute atomic E-state index is 5.24. The van der Waals surface area contributed by atoms with Gasteiger partial charge in [0.1, 0.15) is 0 Å². The summed E-state index contributed by atoms with van der Waals surface area (Å²) in [6.45, 7) is 2.77. The van der Waals surface area contributed by atoms with Gasteiger partial charge in [-0.05, 0) is 13.0 Å². The Kier molecular flexibility index (Phi) is 2.47. The van der Waals surface area contributed by atoms with Crippen molar-refractivity contribution in [1.29, 1.82) is 0 Å². The highest BCUT2D eigenvalue weighted by Crippen LogP contribution is 2.17. The van der Waals surface area contributed by atoms with Crippen LogP contribution in [0.25, 0.3) is 0 Å². The van der Waals surface area contributed by atoms with E-state index in [9.17, 15) is 0 Å². The van der Waals surface area contributed by atoms with Crippen LogP contribution in [0.15, 0.2) is 18.5 Å². The monoisotopic (exact) mass is 209 g/mol. The highest BCUT2D eigenvalue weighted by Gasteiger charge is 2.03. The normalized spacial score (nSPS) is 10.4. The number of nitrogens with zero attached hydrogens (tertiary/aromatic N) is 3. The molecule has 0 unspecified atom stereocenters. The first kappa shape index (κ1) is 9.17. The summed E-state index contributed by atoms with van der Waals surface area (Å²) in [5.41, 5.74) is 3.66. The number of rotatable bonds is 3. The number of thiazole rings is 1. The van der Waals surface area contributed by atoms with Crippen molar-refractivity contribution in [3.05, 3.63) is 29.0 Å². The molecule has 14 heavy (non-hydrogen) atoms. The van der Waals surface area contributed by atoms with Gasteiger partial charge in [0.25, 0.3) is 0 Å². The van der Waals surface area contributed by atoms with Crippen LogP contribution in [0.1, 0.15) is 10.6 Å². The number of hydrazine groups is 1. The molecule has 0 bridgehead atoms. The van der Waals surface area contributed by atoms with Gasteiger partial charge < -0.3 is 0 Å². The van der Waals surface area contributed by atoms with Crippen molar-refractivity contribution in [1.82, 2.24) is 14.8 Å². The summed E-state index contributed by atoms with van der Waals surface area (Å²) in [4.78, 5) is 5.22. The number of aromatic nitrogens is 3. The highest BCUT2D eigenvalue weighted by atomic mass is 32.1. The van der Waals surface area contributed by atoms with E-state index in [0.29, 0.717) is 0 Å². The molecule has 0 saturated heterocycles. The number of anilines is 1. The lowest BCUT2D eigenvalue weighted by atomic mass is 10.4. The Labute approximate surface area is 85.5 Å². The fourth-order valence-electron chi connectivity index (χ4n) is 1.16. The van der Waals surface area contributed by atoms with Gasteiger partial charge in [-0.15, -0.1) is 0 Å². The summed E-state index contributed by atoms with van der Waals surface area (Å²) < 4.78 is 1.92. The molecule has 2 aromatic rings. The molecule has 0 atom stereocenters. The molecule has 0 aliphatic carbocycles. The Morgan fingerprint density at radius 2 is 2.50 bits per heavy atom. The third-order valence-corrected chi connectivity index (χ3v) is 2.82. The first-order valence-electron chi connectivity index (χ1n) is 4.19. The second kappa shape index (κ2) is 3.77. The van der Waals surface area contributed by atoms with Gasteiger partial charge in [-0.1, -0.05) is 11.3 Å². The Morgan fingerprint density at radius 3 is 3.07 bits per heavy atom. The van der Waals surface area contributed by atoms with Crippen LogP contribution in [-0.4, -0.2) is 14.8 Å². The van der Waals surface area contributed by atoms with Gasteiger partial charge in [0.2, 0.25) is 0 Å². The van der Waals surface area contributed by atoms with Crippen LogP contribution in [0, 0.1) is 6.92 Å². The molecule has 6 heteroatoms. The lowest BCUT2D eigenvalue weighted by Gasteiger charge is -2.00. The molecule has 2 heterocycles. The molecule has 0 amide bonds. The van der Waals surface area contributed by atoms with E-state index in [1.807, 2.05) is 17.7 Å². The second-order valence-corrected chi connectivity index (χ2v) is 4.02. The van der Waals surface area contributed by atoms with Crippen LogP contribution in [0.2, 0.25) is 0 Å². The third-order valence-electron chi connectivity index (χ3n) is 1.91. The summed E-state index contributed by atoms with van der Waals surface area (Å²) in [5, 5.41) is 4.92. The van der Waals surface area contributed by atoms with E-state index < -0.39 is 0 Å². The van der Waals surface area contributed by atoms with Gasteiger partial charge in [0, 0.05) is 23.0 Å². The predicted molar refractivity (Wildman–Crippen MR) is 56.0 cm³/mol. The van der Waals surface area contributed by atoms with Gasteiger partial charge in [-0.25, -0.2) is 10.8 Å². The van der Waals surface area contributed by atoms with Gasteiger partial charge in [-0.2, -0.15) is 5.10 Å². The Bertz CT molecular complexity index is 419. The summed E-state index contributed by atoms with van der Waals surface area (Å²) in [7, 11) is 0. The number of nitrogens with one attached hydrogen (secondary N) is 1. The summed E-state index contributed by atoms with van der Waals surface area (Å²) >= 11 is 1.53. The molecular weight excluding hydrogens is 198 g/mol. The molecular formula is C8H11N5S. The molecule has 0 fully saturated rings. The van der Waals surface area contributed by atoms with E-state index in [1.165, 1.54) is 11.3 Å². The van der Waals surface area contributed by atoms with E-state index >= 15 is 0 Å². The van der Waals surface area contributed by atoms with Gasteiger partial charge in [0.15, 0.2) is 5.13 Å². The molecule has 2 aromatic heterocycles. The third kappa shape index (κ3) is 1.75. The molecule has 5 nitrogen and oxygen atoms in total. The first-order chi connectivity index (χ1) is 6.79. The van der Waals surface area contributed by atoms with Crippen LogP contribution in [0.5, 0.6) is 0 Å². The van der Waals surface area contributed by atoms with Crippen LogP contribution >= 0.6 is 11.3 Å². The zero-order chi connectivity index (χ0) is 9.97.